The summed E-state index contributed by atoms with van der Waals surface area (Å²) in [7, 11) is 1.48. The standard InChI is InChI=1S/C19H21N3O6S/c1-3-10-28-16-9-4-13(11-17(16)27-2)19(24)21-20-18(23)12-29-15-7-5-14(6-8-15)22(25)26/h4-9,11H,3,10,12H2,1-2H3,(H,20,23)(H,21,24). The number of carbonyl (C=O) groups is 2. The fourth-order valence-electron chi connectivity index (χ4n) is 2.19. The lowest BCUT2D eigenvalue weighted by atomic mass is 10.2. The molecule has 0 aromatic heterocycles. The summed E-state index contributed by atoms with van der Waals surface area (Å²) >= 11 is 1.19. The number of rotatable bonds is 9. The van der Waals surface area contributed by atoms with E-state index in [1.165, 1.54) is 37.1 Å². The first-order chi connectivity index (χ1) is 13.9. The number of carbonyl (C=O) groups excluding carboxylic acids is 2. The molecule has 0 fully saturated rings. The monoisotopic (exact) mass is 419 g/mol. The van der Waals surface area contributed by atoms with E-state index in [9.17, 15) is 19.7 Å². The summed E-state index contributed by atoms with van der Waals surface area (Å²) in [6, 6.07) is 10.6. The summed E-state index contributed by atoms with van der Waals surface area (Å²) in [5, 5.41) is 10.6. The molecule has 0 spiro atoms. The Kier molecular flexibility index (Phi) is 8.28. The molecule has 0 atom stereocenters. The van der Waals surface area contributed by atoms with Crippen LogP contribution in [0.25, 0.3) is 0 Å². The van der Waals surface area contributed by atoms with Crippen LogP contribution in [0.1, 0.15) is 23.7 Å². The third-order valence-corrected chi connectivity index (χ3v) is 4.63. The molecular formula is C19H21N3O6S. The van der Waals surface area contributed by atoms with Gasteiger partial charge in [0.25, 0.3) is 11.6 Å². The fraction of sp³-hybridized carbons (Fsp3) is 0.263. The molecule has 0 aliphatic heterocycles. The molecule has 0 bridgehead atoms. The highest BCUT2D eigenvalue weighted by Gasteiger charge is 2.12. The molecule has 0 saturated carbocycles. The molecule has 2 N–H and O–H groups in total. The Hall–Kier alpha value is -3.27. The van der Waals surface area contributed by atoms with E-state index >= 15 is 0 Å². The van der Waals surface area contributed by atoms with Gasteiger partial charge in [0.05, 0.1) is 24.4 Å². The molecule has 2 rings (SSSR count). The van der Waals surface area contributed by atoms with Gasteiger partial charge in [0.1, 0.15) is 0 Å². The molecule has 0 saturated heterocycles. The largest absolute Gasteiger partial charge is 0.493 e. The molecule has 2 aromatic carbocycles. The second-order valence-corrected chi connectivity index (χ2v) is 6.80. The van der Waals surface area contributed by atoms with E-state index in [1.807, 2.05) is 6.92 Å². The predicted molar refractivity (Wildman–Crippen MR) is 108 cm³/mol. The molecule has 0 unspecified atom stereocenters. The summed E-state index contributed by atoms with van der Waals surface area (Å²) in [5.41, 5.74) is 4.94. The van der Waals surface area contributed by atoms with Crippen molar-refractivity contribution in [1.82, 2.24) is 10.9 Å². The van der Waals surface area contributed by atoms with Gasteiger partial charge >= 0.3 is 0 Å². The highest BCUT2D eigenvalue weighted by Crippen LogP contribution is 2.28. The number of thioether (sulfide) groups is 1. The molecule has 2 aromatic rings. The zero-order chi connectivity index (χ0) is 21.2. The highest BCUT2D eigenvalue weighted by atomic mass is 32.2. The van der Waals surface area contributed by atoms with Crippen LogP contribution in [0.5, 0.6) is 11.5 Å². The Morgan fingerprint density at radius 3 is 2.45 bits per heavy atom. The van der Waals surface area contributed by atoms with Gasteiger partial charge in [-0.1, -0.05) is 6.92 Å². The normalized spacial score (nSPS) is 10.1. The molecule has 10 heteroatoms. The fourth-order valence-corrected chi connectivity index (χ4v) is 2.89. The van der Waals surface area contributed by atoms with Gasteiger partial charge in [0, 0.05) is 22.6 Å². The minimum Gasteiger partial charge on any atom is -0.493 e. The van der Waals surface area contributed by atoms with Crippen LogP contribution in [-0.2, 0) is 4.79 Å². The number of hydrogen-bond donors (Lipinski definition) is 2. The number of methoxy groups -OCH3 is 1. The van der Waals surface area contributed by atoms with Crippen LogP contribution in [0.15, 0.2) is 47.4 Å². The van der Waals surface area contributed by atoms with E-state index in [4.69, 9.17) is 9.47 Å². The van der Waals surface area contributed by atoms with Gasteiger partial charge in [-0.3, -0.25) is 30.6 Å². The van der Waals surface area contributed by atoms with Crippen molar-refractivity contribution in [3.8, 4) is 11.5 Å². The first-order valence-electron chi connectivity index (χ1n) is 8.72. The maximum absolute atomic E-state index is 12.2. The topological polar surface area (TPSA) is 120 Å². The number of nitro benzene ring substituents is 1. The van der Waals surface area contributed by atoms with Crippen molar-refractivity contribution in [2.24, 2.45) is 0 Å². The molecule has 2 amide bonds. The number of ether oxygens (including phenoxy) is 2. The maximum Gasteiger partial charge on any atom is 0.269 e. The molecule has 29 heavy (non-hydrogen) atoms. The second kappa shape index (κ2) is 10.9. The zero-order valence-corrected chi connectivity index (χ0v) is 16.8. The zero-order valence-electron chi connectivity index (χ0n) is 16.0. The maximum atomic E-state index is 12.2. The van der Waals surface area contributed by atoms with Crippen molar-refractivity contribution in [2.45, 2.75) is 18.2 Å². The van der Waals surface area contributed by atoms with E-state index in [2.05, 4.69) is 10.9 Å². The highest BCUT2D eigenvalue weighted by molar-refractivity contribution is 8.00. The number of amides is 2. The number of nitrogens with zero attached hydrogens (tertiary/aromatic N) is 1. The van der Waals surface area contributed by atoms with Gasteiger partial charge in [-0.25, -0.2) is 0 Å². The Morgan fingerprint density at radius 2 is 1.83 bits per heavy atom. The molecule has 0 heterocycles. The lowest BCUT2D eigenvalue weighted by Crippen LogP contribution is -2.42. The van der Waals surface area contributed by atoms with Crippen LogP contribution in [0.2, 0.25) is 0 Å². The number of hydrazine groups is 1. The van der Waals surface area contributed by atoms with Gasteiger partial charge in [0.2, 0.25) is 5.91 Å². The Balaban J connectivity index is 1.84. The van der Waals surface area contributed by atoms with Gasteiger partial charge in [-0.05, 0) is 36.8 Å². The number of non-ortho nitro benzene ring substituents is 1. The molecule has 154 valence electrons. The minimum absolute atomic E-state index is 0.0207. The van der Waals surface area contributed by atoms with Crippen LogP contribution in [0.4, 0.5) is 5.69 Å². The van der Waals surface area contributed by atoms with Crippen molar-refractivity contribution in [3.63, 3.8) is 0 Å². The molecule has 0 aliphatic carbocycles. The summed E-state index contributed by atoms with van der Waals surface area (Å²) in [6.45, 7) is 2.52. The Bertz CT molecular complexity index is 873. The molecule has 9 nitrogen and oxygen atoms in total. The Labute approximate surface area is 171 Å². The van der Waals surface area contributed by atoms with Crippen molar-refractivity contribution < 1.29 is 24.0 Å². The predicted octanol–water partition coefficient (Wildman–Crippen LogP) is 2.95. The van der Waals surface area contributed by atoms with Crippen LogP contribution in [-0.4, -0.2) is 36.2 Å². The van der Waals surface area contributed by atoms with Gasteiger partial charge < -0.3 is 9.47 Å². The third-order valence-electron chi connectivity index (χ3n) is 3.62. The van der Waals surface area contributed by atoms with Crippen molar-refractivity contribution in [2.75, 3.05) is 19.5 Å². The summed E-state index contributed by atoms with van der Waals surface area (Å²) < 4.78 is 10.8. The first-order valence-corrected chi connectivity index (χ1v) is 9.70. The summed E-state index contributed by atoms with van der Waals surface area (Å²) in [5.74, 6) is 0.0711. The summed E-state index contributed by atoms with van der Waals surface area (Å²) in [6.07, 6.45) is 0.843. The quantitative estimate of drug-likeness (QED) is 0.364. The van der Waals surface area contributed by atoms with Crippen molar-refractivity contribution >= 4 is 29.3 Å². The third kappa shape index (κ3) is 6.68. The van der Waals surface area contributed by atoms with Gasteiger partial charge in [-0.15, -0.1) is 11.8 Å². The lowest BCUT2D eigenvalue weighted by Gasteiger charge is -2.12. The summed E-state index contributed by atoms with van der Waals surface area (Å²) in [4.78, 5) is 35.0. The Morgan fingerprint density at radius 1 is 1.10 bits per heavy atom. The van der Waals surface area contributed by atoms with E-state index in [0.717, 1.165) is 6.42 Å². The molecule has 0 radical (unpaired) electrons. The average molecular weight is 419 g/mol. The van der Waals surface area contributed by atoms with Crippen LogP contribution >= 0.6 is 11.8 Å². The first kappa shape index (κ1) is 22.0. The minimum atomic E-state index is -0.501. The lowest BCUT2D eigenvalue weighted by molar-refractivity contribution is -0.384. The second-order valence-electron chi connectivity index (χ2n) is 5.76. The van der Waals surface area contributed by atoms with Crippen molar-refractivity contribution in [3.05, 3.63) is 58.1 Å². The average Bonchev–Trinajstić information content (AvgIpc) is 2.74. The molecule has 0 aliphatic rings. The van der Waals surface area contributed by atoms with Crippen LogP contribution in [0.3, 0.4) is 0 Å². The van der Waals surface area contributed by atoms with Crippen LogP contribution in [0, 0.1) is 10.1 Å². The molecular weight excluding hydrogens is 398 g/mol. The van der Waals surface area contributed by atoms with E-state index in [1.54, 1.807) is 24.3 Å². The number of nitro groups is 1. The van der Waals surface area contributed by atoms with E-state index < -0.39 is 16.7 Å². The van der Waals surface area contributed by atoms with Crippen molar-refractivity contribution in [1.29, 1.82) is 0 Å². The number of benzene rings is 2. The van der Waals surface area contributed by atoms with E-state index in [-0.39, 0.29) is 11.4 Å². The van der Waals surface area contributed by atoms with E-state index in [0.29, 0.717) is 28.6 Å². The smallest absolute Gasteiger partial charge is 0.269 e. The number of hydrogen-bond acceptors (Lipinski definition) is 7. The SMILES string of the molecule is CCCOc1ccc(C(=O)NNC(=O)CSc2ccc([N+](=O)[O-])cc2)cc1OC. The van der Waals surface area contributed by atoms with Gasteiger partial charge in [0.15, 0.2) is 11.5 Å². The number of nitrogens with one attached hydrogen (secondary N) is 2. The van der Waals surface area contributed by atoms with Gasteiger partial charge in [-0.2, -0.15) is 0 Å². The van der Waals surface area contributed by atoms with Crippen LogP contribution < -0.4 is 20.3 Å².